The highest BCUT2D eigenvalue weighted by molar-refractivity contribution is 9.10. The summed E-state index contributed by atoms with van der Waals surface area (Å²) in [5, 5.41) is 13.1. The number of anilines is 1. The van der Waals surface area contributed by atoms with Crippen LogP contribution in [0.5, 0.6) is 0 Å². The Balaban J connectivity index is 2.16. The van der Waals surface area contributed by atoms with Gasteiger partial charge in [-0.1, -0.05) is 19.9 Å². The minimum atomic E-state index is 0.226. The van der Waals surface area contributed by atoms with Crippen LogP contribution in [0.3, 0.4) is 0 Å². The van der Waals surface area contributed by atoms with E-state index >= 15 is 0 Å². The van der Waals surface area contributed by atoms with E-state index in [1.54, 1.807) is 0 Å². The number of aliphatic hydroxyl groups is 1. The van der Waals surface area contributed by atoms with Gasteiger partial charge in [-0.15, -0.1) is 0 Å². The second kappa shape index (κ2) is 7.61. The number of halogens is 1. The highest BCUT2D eigenvalue weighted by Crippen LogP contribution is 2.35. The summed E-state index contributed by atoms with van der Waals surface area (Å²) < 4.78 is 1.12. The molecule has 1 aromatic carbocycles. The number of aliphatic hydroxyl groups excluding tert-OH is 1. The minimum Gasteiger partial charge on any atom is -0.394 e. The molecular formula is C17H27BrN2O. The Kier molecular flexibility index (Phi) is 6.08. The molecule has 1 aliphatic heterocycles. The molecule has 0 bridgehead atoms. The minimum absolute atomic E-state index is 0.226. The average molecular weight is 355 g/mol. The first-order chi connectivity index (χ1) is 10.1. The van der Waals surface area contributed by atoms with Gasteiger partial charge in [0.15, 0.2) is 0 Å². The molecule has 0 amide bonds. The van der Waals surface area contributed by atoms with E-state index in [1.165, 1.54) is 11.3 Å². The van der Waals surface area contributed by atoms with Crippen LogP contribution < -0.4 is 10.2 Å². The van der Waals surface area contributed by atoms with Gasteiger partial charge in [-0.25, -0.2) is 0 Å². The molecule has 0 spiro atoms. The highest BCUT2D eigenvalue weighted by atomic mass is 79.9. The first-order valence-electron chi connectivity index (χ1n) is 7.98. The smallest absolute Gasteiger partial charge is 0.0637 e. The summed E-state index contributed by atoms with van der Waals surface area (Å²) in [6.07, 6.45) is 2.29. The van der Waals surface area contributed by atoms with Gasteiger partial charge >= 0.3 is 0 Å². The predicted molar refractivity (Wildman–Crippen MR) is 92.9 cm³/mol. The van der Waals surface area contributed by atoms with Gasteiger partial charge in [0.2, 0.25) is 0 Å². The summed E-state index contributed by atoms with van der Waals surface area (Å²) in [6, 6.07) is 7.19. The van der Waals surface area contributed by atoms with Gasteiger partial charge in [0, 0.05) is 17.1 Å². The Morgan fingerprint density at radius 1 is 1.48 bits per heavy atom. The molecule has 0 radical (unpaired) electrons. The number of benzene rings is 1. The standard InChI is InChI=1S/C17H27BrN2O/c1-4-8-19-13(3)14-5-6-16(15(18)10-14)20-9-7-12(2)17(20)11-21/h5-6,10,12-13,17,19,21H,4,7-9,11H2,1-3H3. The van der Waals surface area contributed by atoms with Crippen molar-refractivity contribution < 1.29 is 5.11 Å². The van der Waals surface area contributed by atoms with Crippen molar-refractivity contribution in [3.05, 3.63) is 28.2 Å². The van der Waals surface area contributed by atoms with E-state index in [4.69, 9.17) is 0 Å². The van der Waals surface area contributed by atoms with Gasteiger partial charge in [-0.2, -0.15) is 0 Å². The van der Waals surface area contributed by atoms with Crippen molar-refractivity contribution in [3.8, 4) is 0 Å². The lowest BCUT2D eigenvalue weighted by Crippen LogP contribution is -2.35. The van der Waals surface area contributed by atoms with Gasteiger partial charge in [0.1, 0.15) is 0 Å². The van der Waals surface area contributed by atoms with Crippen LogP contribution >= 0.6 is 15.9 Å². The van der Waals surface area contributed by atoms with Gasteiger partial charge in [-0.05, 0) is 65.9 Å². The van der Waals surface area contributed by atoms with Gasteiger partial charge in [0.05, 0.1) is 18.3 Å². The summed E-state index contributed by atoms with van der Waals surface area (Å²) in [6.45, 7) is 8.89. The second-order valence-electron chi connectivity index (χ2n) is 6.10. The van der Waals surface area contributed by atoms with E-state index < -0.39 is 0 Å². The lowest BCUT2D eigenvalue weighted by Gasteiger charge is -2.29. The molecule has 3 unspecified atom stereocenters. The van der Waals surface area contributed by atoms with Crippen molar-refractivity contribution in [1.82, 2.24) is 5.32 Å². The summed E-state index contributed by atoms with van der Waals surface area (Å²) in [4.78, 5) is 2.34. The van der Waals surface area contributed by atoms with Crippen molar-refractivity contribution in [2.75, 3.05) is 24.6 Å². The van der Waals surface area contributed by atoms with Crippen LogP contribution in [-0.4, -0.2) is 30.8 Å². The Morgan fingerprint density at radius 2 is 2.24 bits per heavy atom. The molecule has 3 atom stereocenters. The van der Waals surface area contributed by atoms with Crippen molar-refractivity contribution in [2.24, 2.45) is 5.92 Å². The van der Waals surface area contributed by atoms with Crippen LogP contribution in [0.15, 0.2) is 22.7 Å². The fraction of sp³-hybridized carbons (Fsp3) is 0.647. The maximum absolute atomic E-state index is 9.63. The molecule has 3 nitrogen and oxygen atoms in total. The van der Waals surface area contributed by atoms with E-state index in [9.17, 15) is 5.11 Å². The Hall–Kier alpha value is -0.580. The molecule has 21 heavy (non-hydrogen) atoms. The quantitative estimate of drug-likeness (QED) is 0.817. The first kappa shape index (κ1) is 16.8. The van der Waals surface area contributed by atoms with Gasteiger partial charge < -0.3 is 15.3 Å². The molecule has 0 aromatic heterocycles. The topological polar surface area (TPSA) is 35.5 Å². The summed E-state index contributed by atoms with van der Waals surface area (Å²) >= 11 is 3.72. The molecule has 118 valence electrons. The number of nitrogens with zero attached hydrogens (tertiary/aromatic N) is 1. The molecule has 1 aliphatic rings. The average Bonchev–Trinajstić information content (AvgIpc) is 2.85. The summed E-state index contributed by atoms with van der Waals surface area (Å²) in [5.74, 6) is 0.548. The molecule has 2 N–H and O–H groups in total. The second-order valence-corrected chi connectivity index (χ2v) is 6.95. The fourth-order valence-electron chi connectivity index (χ4n) is 3.09. The molecular weight excluding hydrogens is 328 g/mol. The number of rotatable bonds is 6. The normalized spacial score (nSPS) is 23.6. The van der Waals surface area contributed by atoms with E-state index in [-0.39, 0.29) is 12.6 Å². The third-order valence-electron chi connectivity index (χ3n) is 4.55. The number of nitrogens with one attached hydrogen (secondary N) is 1. The molecule has 0 saturated carbocycles. The number of hydrogen-bond acceptors (Lipinski definition) is 3. The van der Waals surface area contributed by atoms with Crippen LogP contribution in [0.4, 0.5) is 5.69 Å². The molecule has 1 fully saturated rings. The molecule has 4 heteroatoms. The molecule has 0 aliphatic carbocycles. The third-order valence-corrected chi connectivity index (χ3v) is 5.19. The van der Waals surface area contributed by atoms with Gasteiger partial charge in [0.25, 0.3) is 0 Å². The third kappa shape index (κ3) is 3.79. The first-order valence-corrected chi connectivity index (χ1v) is 8.78. The van der Waals surface area contributed by atoms with E-state index in [0.717, 1.165) is 30.4 Å². The lowest BCUT2D eigenvalue weighted by molar-refractivity contribution is 0.244. The van der Waals surface area contributed by atoms with Crippen molar-refractivity contribution in [3.63, 3.8) is 0 Å². The maximum Gasteiger partial charge on any atom is 0.0637 e. The van der Waals surface area contributed by atoms with Gasteiger partial charge in [-0.3, -0.25) is 0 Å². The van der Waals surface area contributed by atoms with Crippen LogP contribution in [0.1, 0.15) is 45.2 Å². The predicted octanol–water partition coefficient (Wildman–Crippen LogP) is 3.72. The lowest BCUT2D eigenvalue weighted by atomic mass is 10.0. The van der Waals surface area contributed by atoms with Crippen LogP contribution in [-0.2, 0) is 0 Å². The maximum atomic E-state index is 9.63. The van der Waals surface area contributed by atoms with Crippen molar-refractivity contribution >= 4 is 21.6 Å². The molecule has 1 saturated heterocycles. The van der Waals surface area contributed by atoms with Crippen LogP contribution in [0.2, 0.25) is 0 Å². The van der Waals surface area contributed by atoms with Crippen molar-refractivity contribution in [1.29, 1.82) is 0 Å². The largest absolute Gasteiger partial charge is 0.394 e. The zero-order valence-corrected chi connectivity index (χ0v) is 14.9. The highest BCUT2D eigenvalue weighted by Gasteiger charge is 2.31. The Bertz CT molecular complexity index is 466. The van der Waals surface area contributed by atoms with Crippen LogP contribution in [0, 0.1) is 5.92 Å². The Morgan fingerprint density at radius 3 is 2.86 bits per heavy atom. The summed E-state index contributed by atoms with van der Waals surface area (Å²) in [7, 11) is 0. The Labute approximate surface area is 136 Å². The zero-order valence-electron chi connectivity index (χ0n) is 13.3. The van der Waals surface area contributed by atoms with Crippen LogP contribution in [0.25, 0.3) is 0 Å². The fourth-order valence-corrected chi connectivity index (χ4v) is 3.71. The van der Waals surface area contributed by atoms with E-state index in [1.807, 2.05) is 0 Å². The molecule has 1 aromatic rings. The molecule has 2 rings (SSSR count). The van der Waals surface area contributed by atoms with E-state index in [0.29, 0.717) is 12.0 Å². The molecule has 1 heterocycles. The summed E-state index contributed by atoms with van der Waals surface area (Å²) in [5.41, 5.74) is 2.50. The SMILES string of the molecule is CCCNC(C)c1ccc(N2CCC(C)C2CO)c(Br)c1. The van der Waals surface area contributed by atoms with Crippen molar-refractivity contribution in [2.45, 2.75) is 45.7 Å². The monoisotopic (exact) mass is 354 g/mol. The zero-order chi connectivity index (χ0) is 15.4. The number of hydrogen-bond donors (Lipinski definition) is 2. The van der Waals surface area contributed by atoms with E-state index in [2.05, 4.69) is 65.1 Å².